The maximum atomic E-state index is 12.0. The fourth-order valence-corrected chi connectivity index (χ4v) is 3.77. The van der Waals surface area contributed by atoms with Crippen LogP contribution in [0.5, 0.6) is 5.75 Å². The van der Waals surface area contributed by atoms with Crippen molar-refractivity contribution in [3.63, 3.8) is 0 Å². The first-order chi connectivity index (χ1) is 15.2. The van der Waals surface area contributed by atoms with E-state index in [2.05, 4.69) is 15.5 Å². The molecule has 3 rings (SSSR count). The fraction of sp³-hybridized carbons (Fsp3) is 0.478. The van der Waals surface area contributed by atoms with Gasteiger partial charge >= 0.3 is 5.97 Å². The van der Waals surface area contributed by atoms with E-state index in [-0.39, 0.29) is 30.0 Å². The largest absolute Gasteiger partial charge is 0.496 e. The second-order valence-electron chi connectivity index (χ2n) is 7.38. The van der Waals surface area contributed by atoms with Crippen molar-refractivity contribution in [1.29, 1.82) is 0 Å². The molecule has 0 radical (unpaired) electrons. The van der Waals surface area contributed by atoms with Crippen molar-refractivity contribution in [3.8, 4) is 5.75 Å². The Labute approximate surface area is 206 Å². The zero-order chi connectivity index (χ0) is 22.1. The highest BCUT2D eigenvalue weighted by atomic mass is 127. The summed E-state index contributed by atoms with van der Waals surface area (Å²) in [6.45, 7) is 6.03. The Kier molecular flexibility index (Phi) is 10.8. The molecule has 1 fully saturated rings. The van der Waals surface area contributed by atoms with Crippen molar-refractivity contribution < 1.29 is 18.7 Å². The van der Waals surface area contributed by atoms with Crippen LogP contribution in [-0.4, -0.2) is 57.2 Å². The topological polar surface area (TPSA) is 88.3 Å². The highest BCUT2D eigenvalue weighted by Gasteiger charge is 2.25. The second-order valence-corrected chi connectivity index (χ2v) is 7.38. The van der Waals surface area contributed by atoms with Gasteiger partial charge in [-0.15, -0.1) is 24.0 Å². The normalized spacial score (nSPS) is 15.0. The van der Waals surface area contributed by atoms with Crippen molar-refractivity contribution in [2.75, 3.05) is 40.4 Å². The van der Waals surface area contributed by atoms with E-state index in [1.54, 1.807) is 18.4 Å². The number of rotatable bonds is 9. The average molecular weight is 556 g/mol. The lowest BCUT2D eigenvalue weighted by atomic mass is 10.1. The number of guanidine groups is 1. The van der Waals surface area contributed by atoms with Gasteiger partial charge in [-0.2, -0.15) is 0 Å². The highest BCUT2D eigenvalue weighted by molar-refractivity contribution is 14.0. The number of hydrogen-bond donors (Lipinski definition) is 2. The Balaban J connectivity index is 0.00000363. The maximum absolute atomic E-state index is 12.0. The molecule has 1 unspecified atom stereocenters. The van der Waals surface area contributed by atoms with Crippen molar-refractivity contribution >= 4 is 35.9 Å². The molecule has 9 heteroatoms. The summed E-state index contributed by atoms with van der Waals surface area (Å²) in [6.07, 6.45) is 4.15. The first-order valence-corrected chi connectivity index (χ1v) is 10.7. The van der Waals surface area contributed by atoms with Crippen LogP contribution in [0.4, 0.5) is 0 Å². The maximum Gasteiger partial charge on any atom is 0.341 e. The number of carbonyl (C=O) groups is 1. The molecule has 1 saturated heterocycles. The van der Waals surface area contributed by atoms with Crippen LogP contribution >= 0.6 is 24.0 Å². The van der Waals surface area contributed by atoms with Crippen molar-refractivity contribution in [1.82, 2.24) is 15.5 Å². The third-order valence-corrected chi connectivity index (χ3v) is 5.35. The number of benzene rings is 1. The molecule has 1 aliphatic heterocycles. The van der Waals surface area contributed by atoms with Gasteiger partial charge in [-0.25, -0.2) is 9.79 Å². The molecule has 2 N–H and O–H groups in total. The number of carbonyl (C=O) groups excluding carboxylic acids is 1. The molecular formula is C23H33IN4O4. The Morgan fingerprint density at radius 1 is 1.22 bits per heavy atom. The summed E-state index contributed by atoms with van der Waals surface area (Å²) in [6, 6.07) is 9.54. The van der Waals surface area contributed by atoms with Gasteiger partial charge in [0.25, 0.3) is 0 Å². The number of halogens is 1. The molecule has 0 bridgehead atoms. The van der Waals surface area contributed by atoms with Crippen molar-refractivity contribution in [2.24, 2.45) is 4.99 Å². The minimum atomic E-state index is -0.431. The number of furan rings is 1. The Hall–Kier alpha value is -2.27. The SMILES string of the molecule is CCNC(=NCc1ccc(OC)c(C(=O)OC)c1)NCC(c1ccco1)N1CCCC1.I. The Morgan fingerprint density at radius 3 is 2.62 bits per heavy atom. The van der Waals surface area contributed by atoms with E-state index in [0.29, 0.717) is 30.4 Å². The van der Waals surface area contributed by atoms with Crippen LogP contribution in [0.3, 0.4) is 0 Å². The molecule has 1 aromatic carbocycles. The van der Waals surface area contributed by atoms with Crippen molar-refractivity contribution in [2.45, 2.75) is 32.4 Å². The molecule has 1 atom stereocenters. The lowest BCUT2D eigenvalue weighted by molar-refractivity contribution is 0.0597. The van der Waals surface area contributed by atoms with E-state index in [1.807, 2.05) is 25.1 Å². The zero-order valence-electron chi connectivity index (χ0n) is 18.9. The number of aliphatic imine (C=N–C) groups is 1. The molecule has 32 heavy (non-hydrogen) atoms. The van der Waals surface area contributed by atoms with Gasteiger partial charge in [0, 0.05) is 13.1 Å². The second kappa shape index (κ2) is 13.3. The summed E-state index contributed by atoms with van der Waals surface area (Å²) in [5, 5.41) is 6.74. The summed E-state index contributed by atoms with van der Waals surface area (Å²) in [4.78, 5) is 19.2. The van der Waals surface area contributed by atoms with Crippen molar-refractivity contribution in [3.05, 3.63) is 53.5 Å². The molecule has 1 aliphatic rings. The molecule has 0 amide bonds. The quantitative estimate of drug-likeness (QED) is 0.211. The first kappa shape index (κ1) is 26.0. The molecular weight excluding hydrogens is 523 g/mol. The van der Waals surface area contributed by atoms with Crippen LogP contribution in [-0.2, 0) is 11.3 Å². The molecule has 2 aromatic rings. The number of esters is 1. The first-order valence-electron chi connectivity index (χ1n) is 10.7. The lowest BCUT2D eigenvalue weighted by Gasteiger charge is -2.26. The van der Waals surface area contributed by atoms with E-state index in [9.17, 15) is 4.79 Å². The van der Waals surface area contributed by atoms with Gasteiger partial charge in [0.15, 0.2) is 5.96 Å². The number of hydrogen-bond acceptors (Lipinski definition) is 6. The van der Waals surface area contributed by atoms with E-state index in [4.69, 9.17) is 18.9 Å². The van der Waals surface area contributed by atoms with Gasteiger partial charge in [0.2, 0.25) is 0 Å². The predicted molar refractivity (Wildman–Crippen MR) is 135 cm³/mol. The molecule has 176 valence electrons. The summed E-state index contributed by atoms with van der Waals surface area (Å²) in [5.41, 5.74) is 1.28. The van der Waals surface area contributed by atoms with Gasteiger partial charge in [-0.05, 0) is 62.7 Å². The third kappa shape index (κ3) is 6.86. The Morgan fingerprint density at radius 2 is 2.00 bits per heavy atom. The molecule has 0 saturated carbocycles. The van der Waals surface area contributed by atoms with Gasteiger partial charge in [0.1, 0.15) is 17.1 Å². The summed E-state index contributed by atoms with van der Waals surface area (Å²) < 4.78 is 15.8. The Bertz CT molecular complexity index is 867. The number of methoxy groups -OCH3 is 2. The van der Waals surface area contributed by atoms with Crippen LogP contribution in [0.25, 0.3) is 0 Å². The van der Waals surface area contributed by atoms with Crippen LogP contribution < -0.4 is 15.4 Å². The molecule has 1 aromatic heterocycles. The molecule has 0 spiro atoms. The van der Waals surface area contributed by atoms with Gasteiger partial charge in [-0.1, -0.05) is 6.07 Å². The van der Waals surface area contributed by atoms with E-state index in [1.165, 1.54) is 27.1 Å². The smallest absolute Gasteiger partial charge is 0.341 e. The number of nitrogens with one attached hydrogen (secondary N) is 2. The van der Waals surface area contributed by atoms with E-state index < -0.39 is 5.97 Å². The minimum absolute atomic E-state index is 0. The van der Waals surface area contributed by atoms with Crippen LogP contribution in [0.1, 0.15) is 47.5 Å². The van der Waals surface area contributed by atoms with E-state index >= 15 is 0 Å². The molecule has 2 heterocycles. The van der Waals surface area contributed by atoms with Gasteiger partial charge in [0.05, 0.1) is 33.1 Å². The van der Waals surface area contributed by atoms with Crippen LogP contribution in [0.2, 0.25) is 0 Å². The third-order valence-electron chi connectivity index (χ3n) is 5.35. The van der Waals surface area contributed by atoms with E-state index in [0.717, 1.165) is 31.0 Å². The summed E-state index contributed by atoms with van der Waals surface area (Å²) >= 11 is 0. The van der Waals surface area contributed by atoms with Crippen LogP contribution in [0, 0.1) is 0 Å². The number of ether oxygens (including phenoxy) is 2. The van der Waals surface area contributed by atoms with Gasteiger partial charge in [-0.3, -0.25) is 4.90 Å². The molecule has 8 nitrogen and oxygen atoms in total. The minimum Gasteiger partial charge on any atom is -0.496 e. The molecule has 0 aliphatic carbocycles. The lowest BCUT2D eigenvalue weighted by Crippen LogP contribution is -2.42. The summed E-state index contributed by atoms with van der Waals surface area (Å²) in [5.74, 6) is 1.73. The highest BCUT2D eigenvalue weighted by Crippen LogP contribution is 2.25. The number of likely N-dealkylation sites (tertiary alicyclic amines) is 1. The zero-order valence-corrected chi connectivity index (χ0v) is 21.3. The fourth-order valence-electron chi connectivity index (χ4n) is 3.77. The number of nitrogens with zero attached hydrogens (tertiary/aromatic N) is 2. The standard InChI is InChI=1S/C23H32N4O4.HI/c1-4-24-23(25-15-17-9-10-20(29-2)18(14-17)22(28)30-3)26-16-19(21-8-7-13-31-21)27-11-5-6-12-27;/h7-10,13-14,19H,4-6,11-12,15-16H2,1-3H3,(H2,24,25,26);1H. The van der Waals surface area contributed by atoms with Crippen LogP contribution in [0.15, 0.2) is 46.0 Å². The monoisotopic (exact) mass is 556 g/mol. The summed E-state index contributed by atoms with van der Waals surface area (Å²) in [7, 11) is 2.89. The average Bonchev–Trinajstić information content (AvgIpc) is 3.52. The predicted octanol–water partition coefficient (Wildman–Crippen LogP) is 3.59. The van der Waals surface area contributed by atoms with Gasteiger partial charge < -0.3 is 24.5 Å².